The summed E-state index contributed by atoms with van der Waals surface area (Å²) in [5.74, 6) is -2.99. The number of thioether (sulfide) groups is 1. The molecule has 0 spiro atoms. The van der Waals surface area contributed by atoms with Crippen molar-refractivity contribution < 1.29 is 13.6 Å². The highest BCUT2D eigenvalue weighted by Crippen LogP contribution is 2.25. The third-order valence-corrected chi connectivity index (χ3v) is 2.17. The average Bonchev–Trinajstić information content (AvgIpc) is 2.16. The van der Waals surface area contributed by atoms with Crippen molar-refractivity contribution >= 4 is 17.7 Å². The molecule has 0 radical (unpaired) electrons. The van der Waals surface area contributed by atoms with E-state index in [-0.39, 0.29) is 22.4 Å². The van der Waals surface area contributed by atoms with Gasteiger partial charge in [-0.15, -0.1) is 0 Å². The monoisotopic (exact) mass is 218 g/mol. The Hall–Kier alpha value is -1.17. The maximum absolute atomic E-state index is 12.1. The van der Waals surface area contributed by atoms with E-state index in [0.29, 0.717) is 0 Å². The Morgan fingerprint density at radius 1 is 1.64 bits per heavy atom. The van der Waals surface area contributed by atoms with E-state index in [4.69, 9.17) is 0 Å². The Labute approximate surface area is 83.9 Å². The molecule has 1 aromatic rings. The van der Waals surface area contributed by atoms with Crippen LogP contribution in [0.25, 0.3) is 0 Å². The molecule has 0 saturated heterocycles. The van der Waals surface area contributed by atoms with E-state index in [0.717, 1.165) is 0 Å². The normalized spacial score (nSPS) is 10.3. The fraction of sp³-hybridized carbons (Fsp3) is 0.250. The molecule has 1 amide bonds. The maximum atomic E-state index is 12.1. The van der Waals surface area contributed by atoms with E-state index >= 15 is 0 Å². The van der Waals surface area contributed by atoms with Gasteiger partial charge in [0.2, 0.25) is 0 Å². The van der Waals surface area contributed by atoms with Crippen LogP contribution < -0.4 is 5.32 Å². The van der Waals surface area contributed by atoms with Crippen molar-refractivity contribution in [3.8, 4) is 0 Å². The lowest BCUT2D eigenvalue weighted by Gasteiger charge is -2.05. The number of carbonyl (C=O) groups excluding carboxylic acids is 1. The molecule has 0 aliphatic carbocycles. The Morgan fingerprint density at radius 2 is 2.36 bits per heavy atom. The fourth-order valence-electron chi connectivity index (χ4n) is 0.877. The molecule has 1 aromatic heterocycles. The summed E-state index contributed by atoms with van der Waals surface area (Å²) in [6.07, 6.45) is 1.37. The Morgan fingerprint density at radius 3 is 2.93 bits per heavy atom. The van der Waals surface area contributed by atoms with Gasteiger partial charge in [0.05, 0.1) is 5.56 Å². The van der Waals surface area contributed by atoms with Gasteiger partial charge in [-0.25, -0.2) is 4.98 Å². The third kappa shape index (κ3) is 2.66. The first-order chi connectivity index (χ1) is 6.65. The molecule has 1 N–H and O–H groups in total. The van der Waals surface area contributed by atoms with Crippen molar-refractivity contribution in [1.82, 2.24) is 10.3 Å². The molecule has 14 heavy (non-hydrogen) atoms. The second-order valence-electron chi connectivity index (χ2n) is 2.31. The number of nitrogens with zero attached hydrogens (tertiary/aromatic N) is 1. The van der Waals surface area contributed by atoms with Crippen LogP contribution in [0.1, 0.15) is 10.4 Å². The molecular weight excluding hydrogens is 210 g/mol. The van der Waals surface area contributed by atoms with Crippen molar-refractivity contribution in [3.63, 3.8) is 0 Å². The summed E-state index contributed by atoms with van der Waals surface area (Å²) in [6.45, 7) is 0. The van der Waals surface area contributed by atoms with E-state index in [1.165, 1.54) is 25.4 Å². The molecule has 0 aliphatic heterocycles. The highest BCUT2D eigenvalue weighted by Gasteiger charge is 2.15. The van der Waals surface area contributed by atoms with Gasteiger partial charge in [0.1, 0.15) is 5.03 Å². The second-order valence-corrected chi connectivity index (χ2v) is 3.29. The predicted molar refractivity (Wildman–Crippen MR) is 49.5 cm³/mol. The number of rotatable bonds is 3. The molecule has 76 valence electrons. The molecule has 0 fully saturated rings. The van der Waals surface area contributed by atoms with Gasteiger partial charge in [0.25, 0.3) is 11.7 Å². The van der Waals surface area contributed by atoms with Gasteiger partial charge in [0, 0.05) is 13.2 Å². The number of aromatic nitrogens is 1. The molecule has 6 heteroatoms. The number of nitrogens with one attached hydrogen (secondary N) is 1. The van der Waals surface area contributed by atoms with Gasteiger partial charge in [-0.2, -0.15) is 8.78 Å². The number of halogens is 2. The number of pyridine rings is 1. The van der Waals surface area contributed by atoms with Crippen molar-refractivity contribution in [1.29, 1.82) is 0 Å². The van der Waals surface area contributed by atoms with Gasteiger partial charge in [-0.1, -0.05) is 0 Å². The van der Waals surface area contributed by atoms with Crippen molar-refractivity contribution in [2.45, 2.75) is 10.8 Å². The fourth-order valence-corrected chi connectivity index (χ4v) is 1.45. The average molecular weight is 218 g/mol. The third-order valence-electron chi connectivity index (χ3n) is 1.44. The summed E-state index contributed by atoms with van der Waals surface area (Å²) in [5.41, 5.74) is 0.167. The highest BCUT2D eigenvalue weighted by atomic mass is 32.2. The van der Waals surface area contributed by atoms with E-state index in [2.05, 4.69) is 10.3 Å². The Kier molecular flexibility index (Phi) is 3.82. The minimum absolute atomic E-state index is 0.0434. The van der Waals surface area contributed by atoms with Crippen LogP contribution in [-0.2, 0) is 0 Å². The SMILES string of the molecule is CNC(=O)c1cccnc1SC(F)F. The quantitative estimate of drug-likeness (QED) is 0.786. The van der Waals surface area contributed by atoms with Crippen LogP contribution in [0.4, 0.5) is 8.78 Å². The maximum Gasteiger partial charge on any atom is 0.290 e. The molecule has 1 heterocycles. The largest absolute Gasteiger partial charge is 0.355 e. The zero-order chi connectivity index (χ0) is 10.6. The zero-order valence-corrected chi connectivity index (χ0v) is 8.15. The van der Waals surface area contributed by atoms with Crippen molar-refractivity contribution in [2.24, 2.45) is 0 Å². The van der Waals surface area contributed by atoms with E-state index < -0.39 is 11.7 Å². The topological polar surface area (TPSA) is 42.0 Å². The molecule has 0 aromatic carbocycles. The number of carbonyl (C=O) groups is 1. The predicted octanol–water partition coefficient (Wildman–Crippen LogP) is 1.76. The minimum atomic E-state index is -2.58. The molecule has 1 rings (SSSR count). The van der Waals surface area contributed by atoms with Gasteiger partial charge in [-0.3, -0.25) is 4.79 Å². The van der Waals surface area contributed by atoms with Crippen LogP contribution in [0.3, 0.4) is 0 Å². The van der Waals surface area contributed by atoms with Gasteiger partial charge in [-0.05, 0) is 23.9 Å². The molecule has 0 aliphatic rings. The lowest BCUT2D eigenvalue weighted by molar-refractivity contribution is 0.0959. The van der Waals surface area contributed by atoms with E-state index in [9.17, 15) is 13.6 Å². The minimum Gasteiger partial charge on any atom is -0.355 e. The second kappa shape index (κ2) is 4.90. The summed E-state index contributed by atoms with van der Waals surface area (Å²) in [7, 11) is 1.44. The number of hydrogen-bond donors (Lipinski definition) is 1. The van der Waals surface area contributed by atoms with Crippen LogP contribution in [0.2, 0.25) is 0 Å². The summed E-state index contributed by atoms with van der Waals surface area (Å²) in [5, 5.41) is 2.40. The number of amides is 1. The first-order valence-corrected chi connectivity index (χ1v) is 4.65. The molecule has 3 nitrogen and oxygen atoms in total. The van der Waals surface area contributed by atoms with Crippen molar-refractivity contribution in [2.75, 3.05) is 7.05 Å². The zero-order valence-electron chi connectivity index (χ0n) is 7.33. The number of hydrogen-bond acceptors (Lipinski definition) is 3. The molecular formula is C8H8F2N2OS. The molecule has 0 unspecified atom stereocenters. The van der Waals surface area contributed by atoms with Gasteiger partial charge in [0.15, 0.2) is 0 Å². The first kappa shape index (κ1) is 10.9. The molecule has 0 saturated carbocycles. The smallest absolute Gasteiger partial charge is 0.290 e. The highest BCUT2D eigenvalue weighted by molar-refractivity contribution is 7.99. The summed E-state index contributed by atoms with van der Waals surface area (Å²) in [4.78, 5) is 14.9. The van der Waals surface area contributed by atoms with Crippen LogP contribution in [0.5, 0.6) is 0 Å². The summed E-state index contributed by atoms with van der Waals surface area (Å²) < 4.78 is 24.1. The standard InChI is InChI=1S/C8H8F2N2OS/c1-11-6(13)5-3-2-4-12-7(5)14-8(9)10/h2-4,8H,1H3,(H,11,13). The number of alkyl halides is 2. The first-order valence-electron chi connectivity index (χ1n) is 3.77. The molecule has 0 atom stereocenters. The lowest BCUT2D eigenvalue weighted by Crippen LogP contribution is -2.19. The lowest BCUT2D eigenvalue weighted by atomic mass is 10.3. The van der Waals surface area contributed by atoms with Crippen LogP contribution in [-0.4, -0.2) is 23.7 Å². The van der Waals surface area contributed by atoms with Crippen LogP contribution in [0.15, 0.2) is 23.4 Å². The van der Waals surface area contributed by atoms with Gasteiger partial charge >= 0.3 is 0 Å². The van der Waals surface area contributed by atoms with Crippen molar-refractivity contribution in [3.05, 3.63) is 23.9 Å². The van der Waals surface area contributed by atoms with Gasteiger partial charge < -0.3 is 5.32 Å². The Bertz CT molecular complexity index is 333. The van der Waals surface area contributed by atoms with E-state index in [1.54, 1.807) is 0 Å². The molecule has 0 bridgehead atoms. The summed E-state index contributed by atoms with van der Waals surface area (Å²) in [6, 6.07) is 2.98. The summed E-state index contributed by atoms with van der Waals surface area (Å²) >= 11 is 0.263. The van der Waals surface area contributed by atoms with E-state index in [1.807, 2.05) is 0 Å². The van der Waals surface area contributed by atoms with Crippen LogP contribution in [0, 0.1) is 0 Å². The van der Waals surface area contributed by atoms with Crippen LogP contribution >= 0.6 is 11.8 Å². The Balaban J connectivity index is 2.97.